The van der Waals surface area contributed by atoms with Crippen molar-refractivity contribution >= 4 is 47.0 Å². The molecule has 1 saturated heterocycles. The summed E-state index contributed by atoms with van der Waals surface area (Å²) < 4.78 is 14.8. The number of aliphatic imine (C=N–C) groups is 1. The van der Waals surface area contributed by atoms with E-state index in [1.54, 1.807) is 17.4 Å². The minimum Gasteiger partial charge on any atom is -0.367 e. The fraction of sp³-hybridized carbons (Fsp3) is 0.545. The molecule has 1 aliphatic rings. The van der Waals surface area contributed by atoms with Gasteiger partial charge in [-0.15, -0.1) is 35.3 Å². The van der Waals surface area contributed by atoms with E-state index in [2.05, 4.69) is 37.3 Å². The van der Waals surface area contributed by atoms with Crippen LogP contribution in [-0.2, 0) is 13.1 Å². The van der Waals surface area contributed by atoms with E-state index in [-0.39, 0.29) is 29.8 Å². The fourth-order valence-corrected chi connectivity index (χ4v) is 4.50. The number of thiazole rings is 1. The summed E-state index contributed by atoms with van der Waals surface area (Å²) in [5.41, 5.74) is 2.61. The average molecular weight is 561 g/mol. The molecule has 3 rings (SSSR count). The van der Waals surface area contributed by atoms with Gasteiger partial charge in [-0.3, -0.25) is 0 Å². The molecule has 0 amide bonds. The molecule has 0 saturated carbocycles. The summed E-state index contributed by atoms with van der Waals surface area (Å²) in [6.07, 6.45) is 0. The first-order chi connectivity index (χ1) is 14.5. The number of aryl methyl sites for hydroxylation is 2. The number of nitrogens with one attached hydrogen (secondary N) is 2. The lowest BCUT2D eigenvalue weighted by molar-refractivity contribution is 0.270. The van der Waals surface area contributed by atoms with Crippen molar-refractivity contribution in [2.24, 2.45) is 4.99 Å². The Morgan fingerprint density at radius 3 is 2.48 bits per heavy atom. The fourth-order valence-electron chi connectivity index (χ4n) is 3.62. The van der Waals surface area contributed by atoms with E-state index in [0.717, 1.165) is 61.5 Å². The van der Waals surface area contributed by atoms with Gasteiger partial charge in [-0.1, -0.05) is 13.0 Å². The van der Waals surface area contributed by atoms with E-state index in [0.29, 0.717) is 18.8 Å². The SMILES string of the molecule is CCNC(=NCc1ccc(N2CCN(CC)CC2)c(F)c1)NCc1sc(C)nc1C.I. The van der Waals surface area contributed by atoms with Crippen LogP contribution in [0.5, 0.6) is 0 Å². The third-order valence-electron chi connectivity index (χ3n) is 5.35. The maximum Gasteiger partial charge on any atom is 0.191 e. The van der Waals surface area contributed by atoms with Crippen molar-refractivity contribution in [3.63, 3.8) is 0 Å². The first-order valence-electron chi connectivity index (χ1n) is 10.7. The molecule has 1 fully saturated rings. The minimum atomic E-state index is -0.165. The van der Waals surface area contributed by atoms with Gasteiger partial charge >= 0.3 is 0 Å². The first-order valence-corrected chi connectivity index (χ1v) is 11.5. The Morgan fingerprint density at radius 1 is 1.16 bits per heavy atom. The van der Waals surface area contributed by atoms with Gasteiger partial charge in [0, 0.05) is 37.6 Å². The number of rotatable bonds is 7. The third-order valence-corrected chi connectivity index (χ3v) is 6.43. The van der Waals surface area contributed by atoms with E-state index in [1.807, 2.05) is 32.9 Å². The van der Waals surface area contributed by atoms with Crippen LogP contribution in [-0.4, -0.2) is 55.1 Å². The summed E-state index contributed by atoms with van der Waals surface area (Å²) in [7, 11) is 0. The number of nitrogens with zero attached hydrogens (tertiary/aromatic N) is 4. The van der Waals surface area contributed by atoms with Crippen LogP contribution in [0.2, 0.25) is 0 Å². The summed E-state index contributed by atoms with van der Waals surface area (Å²) >= 11 is 1.69. The second kappa shape index (κ2) is 12.5. The molecule has 1 aliphatic heterocycles. The summed E-state index contributed by atoms with van der Waals surface area (Å²) in [5.74, 6) is 0.560. The smallest absolute Gasteiger partial charge is 0.191 e. The van der Waals surface area contributed by atoms with Crippen molar-refractivity contribution in [3.8, 4) is 0 Å². The predicted molar refractivity (Wildman–Crippen MR) is 139 cm³/mol. The molecular weight excluding hydrogens is 526 g/mol. The van der Waals surface area contributed by atoms with Gasteiger partial charge in [0.15, 0.2) is 5.96 Å². The predicted octanol–water partition coefficient (Wildman–Crippen LogP) is 3.91. The highest BCUT2D eigenvalue weighted by Gasteiger charge is 2.18. The van der Waals surface area contributed by atoms with Crippen LogP contribution in [0, 0.1) is 19.7 Å². The van der Waals surface area contributed by atoms with Crippen LogP contribution in [0.4, 0.5) is 10.1 Å². The topological polar surface area (TPSA) is 55.8 Å². The van der Waals surface area contributed by atoms with Crippen molar-refractivity contribution < 1.29 is 4.39 Å². The summed E-state index contributed by atoms with van der Waals surface area (Å²) in [6, 6.07) is 5.49. The summed E-state index contributed by atoms with van der Waals surface area (Å²) in [6.45, 7) is 14.9. The van der Waals surface area contributed by atoms with Crippen molar-refractivity contribution in [3.05, 3.63) is 45.2 Å². The molecule has 6 nitrogen and oxygen atoms in total. The lowest BCUT2D eigenvalue weighted by Crippen LogP contribution is -2.46. The molecule has 31 heavy (non-hydrogen) atoms. The van der Waals surface area contributed by atoms with Gasteiger partial charge in [0.1, 0.15) is 5.82 Å². The average Bonchev–Trinajstić information content (AvgIpc) is 3.07. The standard InChI is InChI=1S/C22H33FN6S.HI/c1-5-24-22(26-15-21-16(3)27-17(4)30-21)25-14-18-7-8-20(19(23)13-18)29-11-9-28(6-2)10-12-29;/h7-8,13H,5-6,9-12,14-15H2,1-4H3,(H2,24,25,26);1H. The molecule has 0 radical (unpaired) electrons. The molecule has 2 aromatic rings. The normalized spacial score (nSPS) is 15.0. The Kier molecular flexibility index (Phi) is 10.4. The van der Waals surface area contributed by atoms with Crippen LogP contribution < -0.4 is 15.5 Å². The molecular formula is C22H34FIN6S. The van der Waals surface area contributed by atoms with Crippen molar-refractivity contribution in [1.29, 1.82) is 0 Å². The van der Waals surface area contributed by atoms with Crippen LogP contribution in [0.25, 0.3) is 0 Å². The number of anilines is 1. The number of aromatic nitrogens is 1. The largest absolute Gasteiger partial charge is 0.367 e. The lowest BCUT2D eigenvalue weighted by Gasteiger charge is -2.35. The van der Waals surface area contributed by atoms with Crippen molar-refractivity contribution in [2.45, 2.75) is 40.8 Å². The molecule has 0 aliphatic carbocycles. The van der Waals surface area contributed by atoms with Crippen molar-refractivity contribution in [2.75, 3.05) is 44.2 Å². The van der Waals surface area contributed by atoms with Gasteiger partial charge in [0.25, 0.3) is 0 Å². The zero-order valence-electron chi connectivity index (χ0n) is 18.9. The molecule has 172 valence electrons. The number of halogens is 2. The number of piperazine rings is 1. The molecule has 1 aromatic heterocycles. The number of hydrogen-bond acceptors (Lipinski definition) is 5. The van der Waals surface area contributed by atoms with Crippen molar-refractivity contribution in [1.82, 2.24) is 20.5 Å². The molecule has 0 atom stereocenters. The second-order valence-corrected chi connectivity index (χ2v) is 8.79. The zero-order chi connectivity index (χ0) is 21.5. The number of benzene rings is 1. The second-order valence-electron chi connectivity index (χ2n) is 7.50. The highest BCUT2D eigenvalue weighted by atomic mass is 127. The first kappa shape index (κ1) is 25.8. The number of hydrogen-bond donors (Lipinski definition) is 2. The highest BCUT2D eigenvalue weighted by Crippen LogP contribution is 2.22. The van der Waals surface area contributed by atoms with Gasteiger partial charge in [-0.2, -0.15) is 0 Å². The number of likely N-dealkylation sites (N-methyl/N-ethyl adjacent to an activating group) is 1. The minimum absolute atomic E-state index is 0. The maximum atomic E-state index is 14.8. The lowest BCUT2D eigenvalue weighted by atomic mass is 10.1. The Balaban J connectivity index is 0.00000341. The highest BCUT2D eigenvalue weighted by molar-refractivity contribution is 14.0. The van der Waals surface area contributed by atoms with Gasteiger partial charge in [0.2, 0.25) is 0 Å². The Morgan fingerprint density at radius 2 is 1.90 bits per heavy atom. The molecule has 0 unspecified atom stereocenters. The van der Waals surface area contributed by atoms with Crippen LogP contribution in [0.15, 0.2) is 23.2 Å². The van der Waals surface area contributed by atoms with Crippen LogP contribution in [0.1, 0.15) is 35.0 Å². The van der Waals surface area contributed by atoms with E-state index in [9.17, 15) is 4.39 Å². The van der Waals surface area contributed by atoms with E-state index in [4.69, 9.17) is 0 Å². The number of guanidine groups is 1. The monoisotopic (exact) mass is 560 g/mol. The van der Waals surface area contributed by atoms with Gasteiger partial charge < -0.3 is 20.4 Å². The van der Waals surface area contributed by atoms with E-state index >= 15 is 0 Å². The zero-order valence-corrected chi connectivity index (χ0v) is 22.0. The van der Waals surface area contributed by atoms with E-state index in [1.165, 1.54) is 4.88 Å². The van der Waals surface area contributed by atoms with E-state index < -0.39 is 0 Å². The van der Waals surface area contributed by atoms with Crippen LogP contribution >= 0.6 is 35.3 Å². The molecule has 2 N–H and O–H groups in total. The Bertz CT molecular complexity index is 864. The quantitative estimate of drug-likeness (QED) is 0.306. The molecule has 0 spiro atoms. The summed E-state index contributed by atoms with van der Waals surface area (Å²) in [4.78, 5) is 14.8. The Labute approximate surface area is 206 Å². The molecule has 2 heterocycles. The molecule has 9 heteroatoms. The molecule has 1 aromatic carbocycles. The van der Waals surface area contributed by atoms with Gasteiger partial charge in [-0.25, -0.2) is 14.4 Å². The van der Waals surface area contributed by atoms with Crippen LogP contribution in [0.3, 0.4) is 0 Å². The Hall–Kier alpha value is -1.46. The van der Waals surface area contributed by atoms with Gasteiger partial charge in [-0.05, 0) is 45.0 Å². The third kappa shape index (κ3) is 7.28. The van der Waals surface area contributed by atoms with Gasteiger partial charge in [0.05, 0.1) is 29.5 Å². The summed E-state index contributed by atoms with van der Waals surface area (Å²) in [5, 5.41) is 7.67. The maximum absolute atomic E-state index is 14.8. The molecule has 0 bridgehead atoms.